The number of rotatable bonds is 5. The second-order valence-electron chi connectivity index (χ2n) is 12.2. The van der Waals surface area contributed by atoms with Crippen molar-refractivity contribution in [2.75, 3.05) is 0 Å². The quantitative estimate of drug-likeness (QED) is 0.187. The third-order valence-corrected chi connectivity index (χ3v) is 9.35. The summed E-state index contributed by atoms with van der Waals surface area (Å²) in [5, 5.41) is 4.58. The summed E-state index contributed by atoms with van der Waals surface area (Å²) >= 11 is 0. The van der Waals surface area contributed by atoms with Crippen LogP contribution < -0.4 is 0 Å². The maximum atomic E-state index is 5.08. The zero-order valence-corrected chi connectivity index (χ0v) is 26.7. The minimum absolute atomic E-state index is 0.796. The summed E-state index contributed by atoms with van der Waals surface area (Å²) < 4.78 is 4.34. The van der Waals surface area contributed by atoms with E-state index in [0.29, 0.717) is 0 Å². The Bertz CT molecular complexity index is 2570. The molecule has 0 aliphatic carbocycles. The minimum Gasteiger partial charge on any atom is -0.294 e. The van der Waals surface area contributed by atoms with Gasteiger partial charge in [0, 0.05) is 57.6 Å². The van der Waals surface area contributed by atoms with E-state index in [4.69, 9.17) is 19.9 Å². The lowest BCUT2D eigenvalue weighted by Crippen LogP contribution is -1.99. The molecule has 0 aliphatic rings. The van der Waals surface area contributed by atoms with Gasteiger partial charge in [0.05, 0.1) is 28.1 Å². The molecule has 0 atom stereocenters. The molecule has 0 unspecified atom stereocenters. The van der Waals surface area contributed by atoms with E-state index in [1.807, 2.05) is 61.1 Å². The van der Waals surface area contributed by atoms with Crippen LogP contribution >= 0.6 is 0 Å². The molecule has 234 valence electrons. The Morgan fingerprint density at radius 2 is 0.980 bits per heavy atom. The monoisotopic (exact) mass is 641 g/mol. The molecule has 10 aromatic rings. The van der Waals surface area contributed by atoms with Crippen LogP contribution in [0, 0.1) is 0 Å². The van der Waals surface area contributed by atoms with Gasteiger partial charge in [-0.15, -0.1) is 0 Å². The molecule has 0 N–H and O–H groups in total. The molecule has 0 bridgehead atoms. The molecule has 50 heavy (non-hydrogen) atoms. The number of pyridine rings is 5. The molecule has 0 saturated heterocycles. The summed E-state index contributed by atoms with van der Waals surface area (Å²) in [7, 11) is 0. The highest BCUT2D eigenvalue weighted by Crippen LogP contribution is 2.34. The van der Waals surface area contributed by atoms with Crippen molar-refractivity contribution in [1.82, 2.24) is 34.1 Å². The number of hydrogen-bond acceptors (Lipinski definition) is 5. The molecular weight excluding hydrogens is 615 g/mol. The Kier molecular flexibility index (Phi) is 6.35. The van der Waals surface area contributed by atoms with Crippen LogP contribution in [0.15, 0.2) is 164 Å². The van der Waals surface area contributed by atoms with Crippen LogP contribution in [0.1, 0.15) is 0 Å². The fourth-order valence-corrected chi connectivity index (χ4v) is 7.05. The van der Waals surface area contributed by atoms with E-state index in [9.17, 15) is 0 Å². The predicted octanol–water partition coefficient (Wildman–Crippen LogP) is 9.86. The SMILES string of the molecule is c1ccc(-c2cc(-c3ccc(-n4c5ccccc5c5cccnc54)cc3)cc(-c3ccc(-n4c5ccccc5c5cccnc54)nc3)n2)nc1. The molecule has 7 nitrogen and oxygen atoms in total. The fraction of sp³-hybridized carbons (Fsp3) is 0. The van der Waals surface area contributed by atoms with Crippen LogP contribution in [0.2, 0.25) is 0 Å². The van der Waals surface area contributed by atoms with Gasteiger partial charge < -0.3 is 0 Å². The molecule has 7 heteroatoms. The second kappa shape index (κ2) is 11.3. The number of nitrogens with zero attached hydrogens (tertiary/aromatic N) is 7. The van der Waals surface area contributed by atoms with E-state index in [2.05, 4.69) is 111 Å². The van der Waals surface area contributed by atoms with Crippen LogP contribution in [0.4, 0.5) is 0 Å². The maximum Gasteiger partial charge on any atom is 0.146 e. The fourth-order valence-electron chi connectivity index (χ4n) is 7.05. The van der Waals surface area contributed by atoms with Gasteiger partial charge in [-0.2, -0.15) is 0 Å². The van der Waals surface area contributed by atoms with Gasteiger partial charge in [0.1, 0.15) is 17.1 Å². The van der Waals surface area contributed by atoms with Gasteiger partial charge in [-0.3, -0.25) is 14.1 Å². The van der Waals surface area contributed by atoms with Gasteiger partial charge in [0.25, 0.3) is 0 Å². The van der Waals surface area contributed by atoms with Gasteiger partial charge in [-0.25, -0.2) is 19.9 Å². The number of fused-ring (bicyclic) bond motifs is 6. The lowest BCUT2D eigenvalue weighted by molar-refractivity contribution is 1.06. The van der Waals surface area contributed by atoms with Crippen molar-refractivity contribution < 1.29 is 0 Å². The van der Waals surface area contributed by atoms with E-state index >= 15 is 0 Å². The first kappa shape index (κ1) is 28.1. The first-order chi connectivity index (χ1) is 24.8. The van der Waals surface area contributed by atoms with Crippen LogP contribution in [0.5, 0.6) is 0 Å². The van der Waals surface area contributed by atoms with Gasteiger partial charge in [-0.1, -0.05) is 54.6 Å². The van der Waals surface area contributed by atoms with Gasteiger partial charge in [0.2, 0.25) is 0 Å². The lowest BCUT2D eigenvalue weighted by Gasteiger charge is -2.12. The number of hydrogen-bond donors (Lipinski definition) is 0. The summed E-state index contributed by atoms with van der Waals surface area (Å²) in [5.74, 6) is 0.801. The van der Waals surface area contributed by atoms with Crippen molar-refractivity contribution in [3.05, 3.63) is 164 Å². The summed E-state index contributed by atoms with van der Waals surface area (Å²) in [6.07, 6.45) is 7.37. The molecule has 10 rings (SSSR count). The largest absolute Gasteiger partial charge is 0.294 e. The molecule has 0 fully saturated rings. The van der Waals surface area contributed by atoms with Crippen molar-refractivity contribution >= 4 is 43.9 Å². The Morgan fingerprint density at radius 1 is 0.380 bits per heavy atom. The van der Waals surface area contributed by atoms with Crippen molar-refractivity contribution in [3.63, 3.8) is 0 Å². The Hall–Kier alpha value is -6.99. The molecule has 3 aromatic carbocycles. The zero-order valence-electron chi connectivity index (χ0n) is 26.7. The van der Waals surface area contributed by atoms with Crippen LogP contribution in [-0.2, 0) is 0 Å². The molecule has 0 amide bonds. The van der Waals surface area contributed by atoms with Crippen LogP contribution in [0.25, 0.3) is 89.2 Å². The van der Waals surface area contributed by atoms with E-state index in [1.54, 1.807) is 6.20 Å². The van der Waals surface area contributed by atoms with E-state index < -0.39 is 0 Å². The predicted molar refractivity (Wildman–Crippen MR) is 200 cm³/mol. The van der Waals surface area contributed by atoms with E-state index in [-0.39, 0.29) is 0 Å². The van der Waals surface area contributed by atoms with Crippen LogP contribution in [0.3, 0.4) is 0 Å². The molecule has 0 radical (unpaired) electrons. The Labute approximate surface area is 286 Å². The third-order valence-electron chi connectivity index (χ3n) is 9.35. The topological polar surface area (TPSA) is 74.3 Å². The Balaban J connectivity index is 1.07. The standard InChI is InChI=1S/C43H27N7/c1-3-14-39-32(9-1)34-11-7-23-45-42(34)49(39)31-19-16-28(17-20-31)30-25-37(48-38(26-30)36-13-5-6-22-44-36)29-18-21-41(47-27-29)50-40-15-4-2-10-33(40)35-12-8-24-46-43(35)50/h1-27H. The second-order valence-corrected chi connectivity index (χ2v) is 12.2. The van der Waals surface area contributed by atoms with Crippen molar-refractivity contribution in [1.29, 1.82) is 0 Å². The molecular formula is C43H27N7. The molecule has 0 saturated carbocycles. The molecule has 0 aliphatic heterocycles. The Morgan fingerprint density at radius 3 is 1.66 bits per heavy atom. The molecule has 0 spiro atoms. The van der Waals surface area contributed by atoms with Gasteiger partial charge in [0.15, 0.2) is 0 Å². The number of aromatic nitrogens is 7. The van der Waals surface area contributed by atoms with Crippen molar-refractivity contribution in [2.45, 2.75) is 0 Å². The minimum atomic E-state index is 0.796. The number of benzene rings is 3. The zero-order chi connectivity index (χ0) is 33.0. The van der Waals surface area contributed by atoms with Crippen LogP contribution in [-0.4, -0.2) is 34.1 Å². The molecule has 7 aromatic heterocycles. The first-order valence-corrected chi connectivity index (χ1v) is 16.5. The van der Waals surface area contributed by atoms with Gasteiger partial charge in [-0.05, 0) is 96.1 Å². The summed E-state index contributed by atoms with van der Waals surface area (Å²) in [4.78, 5) is 24.1. The average molecular weight is 642 g/mol. The van der Waals surface area contributed by atoms with E-state index in [1.165, 1.54) is 5.39 Å². The average Bonchev–Trinajstić information content (AvgIpc) is 3.71. The normalized spacial score (nSPS) is 11.6. The van der Waals surface area contributed by atoms with E-state index in [0.717, 1.165) is 83.8 Å². The summed E-state index contributed by atoms with van der Waals surface area (Å²) in [5.41, 5.74) is 10.5. The van der Waals surface area contributed by atoms with Gasteiger partial charge >= 0.3 is 0 Å². The highest BCUT2D eigenvalue weighted by atomic mass is 15.1. The lowest BCUT2D eigenvalue weighted by atomic mass is 10.0. The van der Waals surface area contributed by atoms with Crippen molar-refractivity contribution in [3.8, 4) is 45.3 Å². The highest BCUT2D eigenvalue weighted by Gasteiger charge is 2.16. The summed E-state index contributed by atoms with van der Waals surface area (Å²) in [6, 6.07) is 47.9. The first-order valence-electron chi connectivity index (χ1n) is 16.5. The highest BCUT2D eigenvalue weighted by molar-refractivity contribution is 6.08. The third kappa shape index (κ3) is 4.48. The number of para-hydroxylation sites is 2. The smallest absolute Gasteiger partial charge is 0.146 e. The van der Waals surface area contributed by atoms with Crippen molar-refractivity contribution in [2.24, 2.45) is 0 Å². The molecule has 7 heterocycles. The summed E-state index contributed by atoms with van der Waals surface area (Å²) in [6.45, 7) is 0. The maximum absolute atomic E-state index is 5.08.